The van der Waals surface area contributed by atoms with E-state index in [4.69, 9.17) is 14.4 Å². The SMILES string of the molecule is CC(=O)N1CCc2nc(Nc3ccc(-c4cnco4)cc3)nc(N3CCCC(CO)C3)c2C1. The van der Waals surface area contributed by atoms with Gasteiger partial charge in [-0.15, -0.1) is 0 Å². The van der Waals surface area contributed by atoms with Crippen LogP contribution >= 0.6 is 0 Å². The molecule has 3 aromatic rings. The Balaban J connectivity index is 1.45. The predicted octanol–water partition coefficient (Wildman–Crippen LogP) is 2.99. The molecule has 1 amide bonds. The zero-order valence-electron chi connectivity index (χ0n) is 18.7. The summed E-state index contributed by atoms with van der Waals surface area (Å²) in [6.07, 6.45) is 5.82. The van der Waals surface area contributed by atoms with Crippen LogP contribution in [0.4, 0.5) is 17.5 Å². The maximum Gasteiger partial charge on any atom is 0.229 e. The second-order valence-electron chi connectivity index (χ2n) is 8.69. The smallest absolute Gasteiger partial charge is 0.229 e. The summed E-state index contributed by atoms with van der Waals surface area (Å²) in [5, 5.41) is 13.1. The fourth-order valence-electron chi connectivity index (χ4n) is 4.59. The van der Waals surface area contributed by atoms with Gasteiger partial charge in [-0.05, 0) is 43.0 Å². The van der Waals surface area contributed by atoms with Crippen LogP contribution < -0.4 is 10.2 Å². The number of hydrogen-bond acceptors (Lipinski definition) is 8. The van der Waals surface area contributed by atoms with Crippen molar-refractivity contribution >= 4 is 23.4 Å². The molecule has 5 rings (SSSR count). The number of oxazole rings is 1. The van der Waals surface area contributed by atoms with E-state index in [0.29, 0.717) is 31.2 Å². The summed E-state index contributed by atoms with van der Waals surface area (Å²) >= 11 is 0. The van der Waals surface area contributed by atoms with Crippen LogP contribution in [0.2, 0.25) is 0 Å². The number of aromatic nitrogens is 3. The second kappa shape index (κ2) is 9.19. The molecule has 0 saturated carbocycles. The van der Waals surface area contributed by atoms with E-state index in [0.717, 1.165) is 54.3 Å². The summed E-state index contributed by atoms with van der Waals surface area (Å²) in [7, 11) is 0. The zero-order valence-corrected chi connectivity index (χ0v) is 18.7. The summed E-state index contributed by atoms with van der Waals surface area (Å²) in [5.74, 6) is 2.42. The van der Waals surface area contributed by atoms with Crippen molar-refractivity contribution in [2.24, 2.45) is 5.92 Å². The molecule has 0 radical (unpaired) electrons. The Hall–Kier alpha value is -3.46. The van der Waals surface area contributed by atoms with E-state index in [1.54, 1.807) is 13.1 Å². The van der Waals surface area contributed by atoms with E-state index >= 15 is 0 Å². The van der Waals surface area contributed by atoms with Crippen molar-refractivity contribution < 1.29 is 14.3 Å². The Morgan fingerprint density at radius 1 is 1.24 bits per heavy atom. The first-order chi connectivity index (χ1) is 16.1. The molecule has 1 saturated heterocycles. The number of piperidine rings is 1. The molecule has 1 fully saturated rings. The minimum atomic E-state index is 0.0625. The Bertz CT molecular complexity index is 1120. The lowest BCUT2D eigenvalue weighted by molar-refractivity contribution is -0.129. The molecule has 172 valence electrons. The highest BCUT2D eigenvalue weighted by Gasteiger charge is 2.29. The molecule has 1 unspecified atom stereocenters. The predicted molar refractivity (Wildman–Crippen MR) is 124 cm³/mol. The minimum Gasteiger partial charge on any atom is -0.444 e. The molecule has 1 atom stereocenters. The van der Waals surface area contributed by atoms with Gasteiger partial charge < -0.3 is 24.6 Å². The van der Waals surface area contributed by atoms with Crippen LogP contribution in [-0.2, 0) is 17.8 Å². The van der Waals surface area contributed by atoms with E-state index in [9.17, 15) is 9.90 Å². The molecule has 2 aliphatic heterocycles. The number of hydrogen-bond donors (Lipinski definition) is 2. The lowest BCUT2D eigenvalue weighted by atomic mass is 9.97. The molecule has 4 heterocycles. The summed E-state index contributed by atoms with van der Waals surface area (Å²) in [6.45, 7) is 4.59. The van der Waals surface area contributed by atoms with Gasteiger partial charge in [0.25, 0.3) is 0 Å². The molecule has 33 heavy (non-hydrogen) atoms. The van der Waals surface area contributed by atoms with Crippen LogP contribution in [0.3, 0.4) is 0 Å². The van der Waals surface area contributed by atoms with Crippen LogP contribution in [0.1, 0.15) is 31.0 Å². The monoisotopic (exact) mass is 448 g/mol. The van der Waals surface area contributed by atoms with Crippen LogP contribution in [0.25, 0.3) is 11.3 Å². The first-order valence-electron chi connectivity index (χ1n) is 11.4. The Kier molecular flexibility index (Phi) is 5.95. The van der Waals surface area contributed by atoms with Crippen molar-refractivity contribution in [1.82, 2.24) is 19.9 Å². The fourth-order valence-corrected chi connectivity index (χ4v) is 4.59. The van der Waals surface area contributed by atoms with Gasteiger partial charge in [0, 0.05) is 56.4 Å². The van der Waals surface area contributed by atoms with Crippen molar-refractivity contribution in [3.05, 3.63) is 48.1 Å². The number of nitrogens with one attached hydrogen (secondary N) is 1. The summed E-state index contributed by atoms with van der Waals surface area (Å²) < 4.78 is 5.36. The molecule has 1 aromatic carbocycles. The number of fused-ring (bicyclic) bond motifs is 1. The molecule has 0 aliphatic carbocycles. The third-order valence-corrected chi connectivity index (χ3v) is 6.42. The molecule has 0 spiro atoms. The molecule has 9 nitrogen and oxygen atoms in total. The normalized spacial score (nSPS) is 18.2. The van der Waals surface area contributed by atoms with Gasteiger partial charge in [-0.25, -0.2) is 9.97 Å². The third-order valence-electron chi connectivity index (χ3n) is 6.42. The van der Waals surface area contributed by atoms with E-state index in [1.807, 2.05) is 29.2 Å². The highest BCUT2D eigenvalue weighted by molar-refractivity contribution is 5.74. The average Bonchev–Trinajstić information content (AvgIpc) is 3.39. The lowest BCUT2D eigenvalue weighted by Crippen LogP contribution is -2.41. The Morgan fingerprint density at radius 3 is 2.82 bits per heavy atom. The van der Waals surface area contributed by atoms with Crippen molar-refractivity contribution in [1.29, 1.82) is 0 Å². The molecular formula is C24H28N6O3. The average molecular weight is 449 g/mol. The minimum absolute atomic E-state index is 0.0625. The number of anilines is 3. The number of amides is 1. The van der Waals surface area contributed by atoms with Crippen molar-refractivity contribution in [2.75, 3.05) is 36.5 Å². The standard InChI is InChI=1S/C24H28N6O3/c1-16(32)29-10-8-21-20(13-29)23(30-9-2-3-17(12-30)14-31)28-24(27-21)26-19-6-4-18(5-7-19)22-11-25-15-33-22/h4-7,11,15,17,31H,2-3,8-10,12-14H2,1H3,(H,26,27,28). The number of carbonyl (C=O) groups excluding carboxylic acids is 1. The van der Waals surface area contributed by atoms with Gasteiger partial charge in [0.15, 0.2) is 12.2 Å². The van der Waals surface area contributed by atoms with Crippen molar-refractivity contribution in [3.63, 3.8) is 0 Å². The summed E-state index contributed by atoms with van der Waals surface area (Å²) in [4.78, 5) is 29.8. The largest absolute Gasteiger partial charge is 0.444 e. The molecule has 9 heteroatoms. The molecule has 2 aromatic heterocycles. The molecule has 0 bridgehead atoms. The first-order valence-corrected chi connectivity index (χ1v) is 11.4. The number of carbonyl (C=O) groups is 1. The van der Waals surface area contributed by atoms with Gasteiger partial charge in [-0.2, -0.15) is 4.98 Å². The van der Waals surface area contributed by atoms with E-state index in [-0.39, 0.29) is 18.4 Å². The van der Waals surface area contributed by atoms with Gasteiger partial charge in [0.05, 0.1) is 18.4 Å². The molecule has 2 N–H and O–H groups in total. The van der Waals surface area contributed by atoms with Gasteiger partial charge in [-0.3, -0.25) is 4.79 Å². The van der Waals surface area contributed by atoms with E-state index in [2.05, 4.69) is 15.2 Å². The lowest BCUT2D eigenvalue weighted by Gasteiger charge is -2.36. The molecule has 2 aliphatic rings. The van der Waals surface area contributed by atoms with Crippen molar-refractivity contribution in [2.45, 2.75) is 32.7 Å². The third kappa shape index (κ3) is 4.54. The van der Waals surface area contributed by atoms with Gasteiger partial charge >= 0.3 is 0 Å². The maximum absolute atomic E-state index is 12.0. The number of nitrogens with zero attached hydrogens (tertiary/aromatic N) is 5. The van der Waals surface area contributed by atoms with Crippen LogP contribution in [0, 0.1) is 5.92 Å². The fraction of sp³-hybridized carbons (Fsp3) is 0.417. The number of aliphatic hydroxyl groups is 1. The van der Waals surface area contributed by atoms with E-state index in [1.165, 1.54) is 6.39 Å². The van der Waals surface area contributed by atoms with E-state index < -0.39 is 0 Å². The van der Waals surface area contributed by atoms with Crippen LogP contribution in [0.5, 0.6) is 0 Å². The van der Waals surface area contributed by atoms with Crippen molar-refractivity contribution in [3.8, 4) is 11.3 Å². The number of benzene rings is 1. The first kappa shape index (κ1) is 21.4. The van der Waals surface area contributed by atoms with Crippen LogP contribution in [-0.4, -0.2) is 57.1 Å². The van der Waals surface area contributed by atoms with Gasteiger partial charge in [0.2, 0.25) is 11.9 Å². The van der Waals surface area contributed by atoms with Gasteiger partial charge in [-0.1, -0.05) is 0 Å². The number of aliphatic hydroxyl groups excluding tert-OH is 1. The highest BCUT2D eigenvalue weighted by Crippen LogP contribution is 2.32. The summed E-state index contributed by atoms with van der Waals surface area (Å²) in [6, 6.07) is 7.84. The summed E-state index contributed by atoms with van der Waals surface area (Å²) in [5.41, 5.74) is 3.81. The Morgan fingerprint density at radius 2 is 2.09 bits per heavy atom. The second-order valence-corrected chi connectivity index (χ2v) is 8.69. The van der Waals surface area contributed by atoms with Crippen LogP contribution in [0.15, 0.2) is 41.3 Å². The quantitative estimate of drug-likeness (QED) is 0.613. The molecular weight excluding hydrogens is 420 g/mol. The van der Waals surface area contributed by atoms with Gasteiger partial charge in [0.1, 0.15) is 5.82 Å². The highest BCUT2D eigenvalue weighted by atomic mass is 16.3. The maximum atomic E-state index is 12.0. The zero-order chi connectivity index (χ0) is 22.8. The topological polar surface area (TPSA) is 108 Å². The number of rotatable bonds is 5. The Labute approximate surface area is 192 Å².